The van der Waals surface area contributed by atoms with Crippen LogP contribution in [0.25, 0.3) is 28.1 Å². The Kier molecular flexibility index (Phi) is 9.87. The van der Waals surface area contributed by atoms with Crippen molar-refractivity contribution in [1.29, 1.82) is 0 Å². The summed E-state index contributed by atoms with van der Waals surface area (Å²) in [5, 5.41) is 11.0. The third-order valence-electron chi connectivity index (χ3n) is 9.90. The molecule has 8 nitrogen and oxygen atoms in total. The summed E-state index contributed by atoms with van der Waals surface area (Å²) in [5.41, 5.74) is 7.08. The summed E-state index contributed by atoms with van der Waals surface area (Å²) in [6.07, 6.45) is -3.14. The van der Waals surface area contributed by atoms with Crippen molar-refractivity contribution in [2.75, 3.05) is 19.7 Å². The summed E-state index contributed by atoms with van der Waals surface area (Å²) in [4.78, 5) is 6.18. The van der Waals surface area contributed by atoms with Crippen LogP contribution in [0.15, 0.2) is 103 Å². The van der Waals surface area contributed by atoms with Crippen molar-refractivity contribution >= 4 is 35.2 Å². The molecule has 3 aromatic carbocycles. The fraction of sp³-hybridized carbons (Fsp3) is 0.325. The van der Waals surface area contributed by atoms with Gasteiger partial charge in [0, 0.05) is 36.8 Å². The van der Waals surface area contributed by atoms with Gasteiger partial charge in [0.15, 0.2) is 11.5 Å². The van der Waals surface area contributed by atoms with E-state index in [4.69, 9.17) is 19.9 Å². The van der Waals surface area contributed by atoms with Crippen molar-refractivity contribution in [2.24, 2.45) is 5.73 Å². The number of aromatic nitrogens is 4. The molecular formula is C40H42F4N6O2Si. The van der Waals surface area contributed by atoms with Crippen LogP contribution in [-0.4, -0.2) is 70.8 Å². The van der Waals surface area contributed by atoms with E-state index in [1.807, 2.05) is 43.3 Å². The number of halogens is 4. The maximum atomic E-state index is 15.0. The molecule has 3 aromatic heterocycles. The zero-order valence-electron chi connectivity index (χ0n) is 30.0. The summed E-state index contributed by atoms with van der Waals surface area (Å²) >= 11 is 0. The summed E-state index contributed by atoms with van der Waals surface area (Å²) in [6, 6.07) is 27.3. The van der Waals surface area contributed by atoms with Gasteiger partial charge in [0.1, 0.15) is 34.9 Å². The summed E-state index contributed by atoms with van der Waals surface area (Å²) < 4.78 is 73.3. The van der Waals surface area contributed by atoms with E-state index in [2.05, 4.69) is 55.2 Å². The van der Waals surface area contributed by atoms with E-state index >= 15 is 4.39 Å². The predicted molar refractivity (Wildman–Crippen MR) is 200 cm³/mol. The number of hydrogen-bond acceptors (Lipinski definition) is 7. The lowest BCUT2D eigenvalue weighted by molar-refractivity contribution is -0.183. The number of pyridine rings is 2. The molecule has 0 radical (unpaired) electrons. The molecule has 0 spiro atoms. The molecule has 0 amide bonds. The van der Waals surface area contributed by atoms with Gasteiger partial charge < -0.3 is 14.9 Å². The van der Waals surface area contributed by atoms with Gasteiger partial charge in [0.2, 0.25) is 0 Å². The molecule has 1 fully saturated rings. The van der Waals surface area contributed by atoms with Gasteiger partial charge in [-0.05, 0) is 52.5 Å². The first-order valence-corrected chi connectivity index (χ1v) is 19.6. The van der Waals surface area contributed by atoms with Crippen LogP contribution < -0.4 is 20.8 Å². The highest BCUT2D eigenvalue weighted by Crippen LogP contribution is 2.40. The molecule has 1 aliphatic heterocycles. The molecule has 13 heteroatoms. The molecule has 1 aliphatic rings. The normalized spacial score (nSPS) is 17.0. The maximum Gasteiger partial charge on any atom is 0.408 e. The van der Waals surface area contributed by atoms with E-state index < -0.39 is 32.5 Å². The molecule has 0 aliphatic carbocycles. The minimum atomic E-state index is -4.53. The number of alkyl halides is 3. The van der Waals surface area contributed by atoms with E-state index in [1.165, 1.54) is 39.8 Å². The molecule has 3 atom stereocenters. The van der Waals surface area contributed by atoms with Gasteiger partial charge in [0.05, 0.1) is 6.61 Å². The third-order valence-corrected chi connectivity index (χ3v) is 14.9. The van der Waals surface area contributed by atoms with Crippen molar-refractivity contribution in [2.45, 2.75) is 63.5 Å². The minimum absolute atomic E-state index is 0.0433. The van der Waals surface area contributed by atoms with Crippen LogP contribution in [0.3, 0.4) is 0 Å². The lowest BCUT2D eigenvalue weighted by Crippen LogP contribution is -2.67. The zero-order chi connectivity index (χ0) is 37.5. The standard InChI is InChI=1S/C40H42F4N6O2Si/c1-26(25-51-53(39(2,3)4,31-11-7-5-8-12-31)32-13-9-6-10-14-32)52-34-22-29(41)21-27-15-17-33(46-36(27)34)38-48-47-35-18-16-28(23-50(35)38)37(40(42,43)44)49-20-19-30(45)24-49/h5-18,21-23,26,30,37H,19-20,24-25,45H2,1-4H3/t26-,30+,37-/m1/s1. The number of fused-ring (bicyclic) bond motifs is 2. The van der Waals surface area contributed by atoms with Crippen LogP contribution in [-0.2, 0) is 4.43 Å². The lowest BCUT2D eigenvalue weighted by Gasteiger charge is -2.43. The van der Waals surface area contributed by atoms with Crippen molar-refractivity contribution in [3.63, 3.8) is 0 Å². The first kappa shape index (κ1) is 36.7. The molecule has 0 unspecified atom stereocenters. The molecule has 6 aromatic rings. The molecule has 1 saturated heterocycles. The van der Waals surface area contributed by atoms with E-state index in [9.17, 15) is 13.2 Å². The zero-order valence-corrected chi connectivity index (χ0v) is 31.0. The predicted octanol–water partition coefficient (Wildman–Crippen LogP) is 7.06. The Hall–Kier alpha value is -4.69. The molecule has 53 heavy (non-hydrogen) atoms. The number of hydrogen-bond donors (Lipinski definition) is 1. The van der Waals surface area contributed by atoms with Gasteiger partial charge >= 0.3 is 6.18 Å². The Balaban J connectivity index is 1.21. The second-order valence-corrected chi connectivity index (χ2v) is 19.1. The van der Waals surface area contributed by atoms with Crippen LogP contribution >= 0.6 is 0 Å². The Morgan fingerprint density at radius 2 is 1.58 bits per heavy atom. The van der Waals surface area contributed by atoms with Crippen molar-refractivity contribution in [1.82, 2.24) is 24.5 Å². The van der Waals surface area contributed by atoms with E-state index in [-0.39, 0.29) is 47.9 Å². The number of ether oxygens (including phenoxy) is 1. The molecule has 2 N–H and O–H groups in total. The topological polar surface area (TPSA) is 90.8 Å². The average Bonchev–Trinajstić information content (AvgIpc) is 3.74. The van der Waals surface area contributed by atoms with E-state index in [0.29, 0.717) is 28.7 Å². The van der Waals surface area contributed by atoms with Crippen LogP contribution in [0.2, 0.25) is 5.04 Å². The number of nitrogens with two attached hydrogens (primary N) is 1. The average molecular weight is 743 g/mol. The van der Waals surface area contributed by atoms with Gasteiger partial charge in [-0.1, -0.05) is 93.6 Å². The highest BCUT2D eigenvalue weighted by Gasteiger charge is 2.50. The smallest absolute Gasteiger partial charge is 0.408 e. The second-order valence-electron chi connectivity index (χ2n) is 14.8. The fourth-order valence-electron chi connectivity index (χ4n) is 7.54. The van der Waals surface area contributed by atoms with Crippen LogP contribution in [0.5, 0.6) is 5.75 Å². The van der Waals surface area contributed by atoms with E-state index in [0.717, 1.165) is 10.4 Å². The maximum absolute atomic E-state index is 15.0. The Bertz CT molecular complexity index is 2170. The number of likely N-dealkylation sites (tertiary alicyclic amines) is 1. The molecule has 4 heterocycles. The Morgan fingerprint density at radius 3 is 2.19 bits per heavy atom. The van der Waals surface area contributed by atoms with Gasteiger partial charge in [-0.25, -0.2) is 9.37 Å². The third kappa shape index (κ3) is 7.18. The quantitative estimate of drug-likeness (QED) is 0.119. The SMILES string of the molecule is C[C@H](CO[Si](c1ccccc1)(c1ccccc1)C(C)(C)C)Oc1cc(F)cc2ccc(-c3nnc4ccc([C@@H](N5CC[C@H](N)C5)C(F)(F)F)cn34)nc12. The van der Waals surface area contributed by atoms with Crippen molar-refractivity contribution < 1.29 is 26.7 Å². The first-order valence-electron chi connectivity index (χ1n) is 17.7. The molecule has 276 valence electrons. The van der Waals surface area contributed by atoms with Crippen molar-refractivity contribution in [3.8, 4) is 17.3 Å². The van der Waals surface area contributed by atoms with Gasteiger partial charge in [-0.2, -0.15) is 13.2 Å². The molecule has 7 rings (SSSR count). The van der Waals surface area contributed by atoms with Crippen LogP contribution in [0.4, 0.5) is 17.6 Å². The number of benzene rings is 3. The Morgan fingerprint density at radius 1 is 0.906 bits per heavy atom. The van der Waals surface area contributed by atoms with Crippen LogP contribution in [0, 0.1) is 5.82 Å². The lowest BCUT2D eigenvalue weighted by atomic mass is 10.1. The van der Waals surface area contributed by atoms with Gasteiger partial charge in [-0.15, -0.1) is 10.2 Å². The highest BCUT2D eigenvalue weighted by atomic mass is 28.4. The summed E-state index contributed by atoms with van der Waals surface area (Å²) in [5.74, 6) is -0.0573. The number of rotatable bonds is 10. The number of nitrogens with zero attached hydrogens (tertiary/aromatic N) is 5. The molecule has 0 bridgehead atoms. The Labute approximate surface area is 306 Å². The van der Waals surface area contributed by atoms with Crippen molar-refractivity contribution in [3.05, 3.63) is 115 Å². The van der Waals surface area contributed by atoms with Crippen LogP contribution in [0.1, 0.15) is 45.7 Å². The molecule has 0 saturated carbocycles. The second kappa shape index (κ2) is 14.3. The van der Waals surface area contributed by atoms with Gasteiger partial charge in [-0.3, -0.25) is 9.30 Å². The van der Waals surface area contributed by atoms with E-state index in [1.54, 1.807) is 12.1 Å². The molecular weight excluding hydrogens is 701 g/mol. The largest absolute Gasteiger partial charge is 0.486 e. The fourth-order valence-corrected chi connectivity index (χ4v) is 12.2. The first-order chi connectivity index (χ1) is 25.2. The highest BCUT2D eigenvalue weighted by molar-refractivity contribution is 6.99. The summed E-state index contributed by atoms with van der Waals surface area (Å²) in [6.45, 7) is 9.05. The summed E-state index contributed by atoms with van der Waals surface area (Å²) in [7, 11) is -2.87. The monoisotopic (exact) mass is 742 g/mol. The minimum Gasteiger partial charge on any atom is -0.486 e. The van der Waals surface area contributed by atoms with Gasteiger partial charge in [0.25, 0.3) is 8.32 Å².